The molecule has 2 heterocycles. The Labute approximate surface area is 220 Å². The minimum atomic E-state index is -0.517. The van der Waals surface area contributed by atoms with Crippen LogP contribution in [0.2, 0.25) is 0 Å². The lowest BCUT2D eigenvalue weighted by atomic mass is 9.75. The Morgan fingerprint density at radius 2 is 1.84 bits per heavy atom. The molecule has 200 valence electrons. The van der Waals surface area contributed by atoms with E-state index in [0.717, 1.165) is 24.0 Å². The highest BCUT2D eigenvalue weighted by molar-refractivity contribution is 5.87. The summed E-state index contributed by atoms with van der Waals surface area (Å²) in [5.41, 5.74) is 5.37. The number of fused-ring (bicyclic) bond motifs is 3. The van der Waals surface area contributed by atoms with Gasteiger partial charge in [-0.1, -0.05) is 70.0 Å². The van der Waals surface area contributed by atoms with Gasteiger partial charge in [0.1, 0.15) is 0 Å². The van der Waals surface area contributed by atoms with Crippen LogP contribution in [0, 0.1) is 17.8 Å². The van der Waals surface area contributed by atoms with Crippen molar-refractivity contribution in [2.75, 3.05) is 6.54 Å². The van der Waals surface area contributed by atoms with E-state index in [2.05, 4.69) is 31.2 Å². The summed E-state index contributed by atoms with van der Waals surface area (Å²) >= 11 is 0. The third kappa shape index (κ3) is 5.26. The number of hydrazine groups is 1. The van der Waals surface area contributed by atoms with Crippen molar-refractivity contribution >= 4 is 23.9 Å². The summed E-state index contributed by atoms with van der Waals surface area (Å²) in [6.45, 7) is 8.96. The zero-order chi connectivity index (χ0) is 26.1. The van der Waals surface area contributed by atoms with Crippen molar-refractivity contribution in [3.05, 3.63) is 42.0 Å². The third-order valence-electron chi connectivity index (χ3n) is 8.50. The maximum absolute atomic E-state index is 13.8. The summed E-state index contributed by atoms with van der Waals surface area (Å²) in [6, 6.07) is 7.83. The fraction of sp³-hybridized carbons (Fsp3) is 0.621. The first-order valence-corrected chi connectivity index (χ1v) is 14.0. The highest BCUT2D eigenvalue weighted by Crippen LogP contribution is 2.41. The number of hydrogen-bond donors (Lipinski definition) is 2. The summed E-state index contributed by atoms with van der Waals surface area (Å²) in [5.74, 6) is 0.0477. The Kier molecular flexibility index (Phi) is 7.56. The smallest absolute Gasteiger partial charge is 0.337 e. The molecule has 2 saturated carbocycles. The summed E-state index contributed by atoms with van der Waals surface area (Å²) in [6.07, 6.45) is 8.83. The van der Waals surface area contributed by atoms with E-state index in [4.69, 9.17) is 0 Å². The van der Waals surface area contributed by atoms with Crippen LogP contribution in [0.5, 0.6) is 0 Å². The molecule has 0 aromatic heterocycles. The maximum atomic E-state index is 13.8. The Hall–Kier alpha value is -2.87. The number of carbonyl (C=O) groups excluding carboxylic acids is 3. The molecule has 1 aromatic rings. The summed E-state index contributed by atoms with van der Waals surface area (Å²) in [4.78, 5) is 44.4. The standard InChI is InChI=1S/C29H41N5O3/c1-4-20-10-12-21(13-11-20)18-33-29(37)34-25-16-22(26(35)30-23-8-6-5-7-9-23)14-15-24(25)27(36)32(17-19(2)3)28(34)31-33/h4,10-13,19,22-25,28,31H,1,5-9,14-18H2,2-3H3,(H,30,35). The first kappa shape index (κ1) is 25.8. The second kappa shape index (κ2) is 10.9. The van der Waals surface area contributed by atoms with Crippen LogP contribution >= 0.6 is 0 Å². The van der Waals surface area contributed by atoms with Gasteiger partial charge in [-0.05, 0) is 49.1 Å². The van der Waals surface area contributed by atoms with Gasteiger partial charge in [-0.25, -0.2) is 4.79 Å². The van der Waals surface area contributed by atoms with Gasteiger partial charge in [0.15, 0.2) is 6.29 Å². The molecular weight excluding hydrogens is 466 g/mol. The average Bonchev–Trinajstić information content (AvgIpc) is 3.22. The predicted octanol–water partition coefficient (Wildman–Crippen LogP) is 4.09. The molecule has 8 nitrogen and oxygen atoms in total. The van der Waals surface area contributed by atoms with Gasteiger partial charge in [0.25, 0.3) is 0 Å². The van der Waals surface area contributed by atoms with Crippen LogP contribution in [0.25, 0.3) is 6.08 Å². The van der Waals surface area contributed by atoms with E-state index in [9.17, 15) is 14.4 Å². The molecule has 4 atom stereocenters. The molecule has 4 unspecified atom stereocenters. The topological polar surface area (TPSA) is 85.0 Å². The van der Waals surface area contributed by atoms with Crippen molar-refractivity contribution in [2.24, 2.45) is 17.8 Å². The molecule has 4 fully saturated rings. The fourth-order valence-corrected chi connectivity index (χ4v) is 6.56. The number of benzene rings is 1. The van der Waals surface area contributed by atoms with E-state index in [-0.39, 0.29) is 47.7 Å². The molecule has 0 radical (unpaired) electrons. The SMILES string of the molecule is C=Cc1ccc(CN2NC3N(CC(C)C)C(=O)C4CCC(C(=O)NC5CCCCC5)CC4N3C2=O)cc1. The van der Waals surface area contributed by atoms with Crippen LogP contribution in [0.4, 0.5) is 4.79 Å². The Balaban J connectivity index is 1.35. The zero-order valence-electron chi connectivity index (χ0n) is 22.2. The normalized spacial score (nSPS) is 28.4. The second-order valence-electron chi connectivity index (χ2n) is 11.6. The van der Waals surface area contributed by atoms with Gasteiger partial charge in [-0.15, -0.1) is 0 Å². The number of urea groups is 1. The van der Waals surface area contributed by atoms with Crippen LogP contribution in [-0.4, -0.2) is 57.6 Å². The van der Waals surface area contributed by atoms with Gasteiger partial charge in [0, 0.05) is 24.5 Å². The van der Waals surface area contributed by atoms with E-state index >= 15 is 0 Å². The van der Waals surface area contributed by atoms with Gasteiger partial charge < -0.3 is 10.2 Å². The summed E-state index contributed by atoms with van der Waals surface area (Å²) < 4.78 is 0. The molecule has 5 rings (SSSR count). The highest BCUT2D eigenvalue weighted by Gasteiger charge is 2.56. The van der Waals surface area contributed by atoms with Crippen molar-refractivity contribution in [3.63, 3.8) is 0 Å². The third-order valence-corrected chi connectivity index (χ3v) is 8.50. The summed E-state index contributed by atoms with van der Waals surface area (Å²) in [5, 5.41) is 4.91. The zero-order valence-corrected chi connectivity index (χ0v) is 22.2. The molecule has 8 heteroatoms. The quantitative estimate of drug-likeness (QED) is 0.582. The van der Waals surface area contributed by atoms with Crippen LogP contribution in [-0.2, 0) is 16.1 Å². The van der Waals surface area contributed by atoms with Gasteiger partial charge in [0.05, 0.1) is 12.5 Å². The molecule has 2 aliphatic heterocycles. The number of hydrogen-bond acceptors (Lipinski definition) is 4. The van der Waals surface area contributed by atoms with Crippen molar-refractivity contribution in [3.8, 4) is 0 Å². The van der Waals surface area contributed by atoms with Crippen molar-refractivity contribution in [2.45, 2.75) is 90.1 Å². The van der Waals surface area contributed by atoms with Crippen molar-refractivity contribution in [1.82, 2.24) is 25.6 Å². The molecule has 4 aliphatic rings. The lowest BCUT2D eigenvalue weighted by Crippen LogP contribution is -2.67. The molecule has 2 aliphatic carbocycles. The highest BCUT2D eigenvalue weighted by atomic mass is 16.2. The number of amides is 4. The van der Waals surface area contributed by atoms with Crippen molar-refractivity contribution < 1.29 is 14.4 Å². The van der Waals surface area contributed by atoms with E-state index in [0.29, 0.717) is 32.4 Å². The first-order valence-electron chi connectivity index (χ1n) is 14.0. The van der Waals surface area contributed by atoms with E-state index in [1.165, 1.54) is 19.3 Å². The molecule has 0 spiro atoms. The lowest BCUT2D eigenvalue weighted by Gasteiger charge is -2.50. The monoisotopic (exact) mass is 507 g/mol. The Morgan fingerprint density at radius 1 is 1.11 bits per heavy atom. The molecule has 1 aromatic carbocycles. The minimum Gasteiger partial charge on any atom is -0.353 e. The van der Waals surface area contributed by atoms with Crippen molar-refractivity contribution in [1.29, 1.82) is 0 Å². The number of carbonyl (C=O) groups is 3. The molecule has 2 N–H and O–H groups in total. The maximum Gasteiger partial charge on any atom is 0.337 e. The van der Waals surface area contributed by atoms with E-state index in [1.54, 1.807) is 11.1 Å². The van der Waals surface area contributed by atoms with Gasteiger partial charge >= 0.3 is 6.03 Å². The largest absolute Gasteiger partial charge is 0.353 e. The summed E-state index contributed by atoms with van der Waals surface area (Å²) in [7, 11) is 0. The van der Waals surface area contributed by atoms with Gasteiger partial charge in [0.2, 0.25) is 11.8 Å². The number of nitrogens with one attached hydrogen (secondary N) is 2. The van der Waals surface area contributed by atoms with Crippen LogP contribution in [0.15, 0.2) is 30.8 Å². The Morgan fingerprint density at radius 3 is 2.51 bits per heavy atom. The van der Waals surface area contributed by atoms with Crippen LogP contribution in [0.1, 0.15) is 76.3 Å². The van der Waals surface area contributed by atoms with Crippen LogP contribution < -0.4 is 10.7 Å². The fourth-order valence-electron chi connectivity index (χ4n) is 6.56. The van der Waals surface area contributed by atoms with Crippen LogP contribution in [0.3, 0.4) is 0 Å². The predicted molar refractivity (Wildman–Crippen MR) is 142 cm³/mol. The Bertz CT molecular complexity index is 1020. The lowest BCUT2D eigenvalue weighted by molar-refractivity contribution is -0.159. The number of nitrogens with zero attached hydrogens (tertiary/aromatic N) is 3. The van der Waals surface area contributed by atoms with E-state index < -0.39 is 6.29 Å². The molecule has 37 heavy (non-hydrogen) atoms. The average molecular weight is 508 g/mol. The molecule has 2 saturated heterocycles. The molecule has 0 bridgehead atoms. The number of rotatable bonds is 7. The molecule has 4 amide bonds. The first-order chi connectivity index (χ1) is 17.9. The molecular formula is C29H41N5O3. The van der Waals surface area contributed by atoms with Gasteiger partial charge in [-0.2, -0.15) is 5.43 Å². The van der Waals surface area contributed by atoms with Gasteiger partial charge in [-0.3, -0.25) is 19.5 Å². The minimum absolute atomic E-state index is 0.0951. The van der Waals surface area contributed by atoms with E-state index in [1.807, 2.05) is 34.1 Å². The second-order valence-corrected chi connectivity index (χ2v) is 11.6.